The highest BCUT2D eigenvalue weighted by atomic mass is 127. The topological polar surface area (TPSA) is 52.1 Å². The Morgan fingerprint density at radius 1 is 0.971 bits per heavy atom. The van der Waals surface area contributed by atoms with Gasteiger partial charge < -0.3 is 15.4 Å². The molecule has 6 nitrogen and oxygen atoms in total. The monoisotopic (exact) mass is 577 g/mol. The molecule has 1 saturated heterocycles. The van der Waals surface area contributed by atoms with Crippen LogP contribution in [0.4, 0.5) is 0 Å². The van der Waals surface area contributed by atoms with E-state index in [1.165, 1.54) is 22.3 Å². The lowest BCUT2D eigenvalue weighted by Crippen LogP contribution is -2.48. The second kappa shape index (κ2) is 14.0. The molecule has 1 atom stereocenters. The van der Waals surface area contributed by atoms with Gasteiger partial charge in [0.2, 0.25) is 0 Å². The summed E-state index contributed by atoms with van der Waals surface area (Å²) < 4.78 is 5.50. The highest BCUT2D eigenvalue weighted by Crippen LogP contribution is 2.21. The summed E-state index contributed by atoms with van der Waals surface area (Å²) in [6.45, 7) is 10.8. The fourth-order valence-electron chi connectivity index (χ4n) is 4.86. The maximum Gasteiger partial charge on any atom is 0.191 e. The van der Waals surface area contributed by atoms with Gasteiger partial charge in [0.25, 0.3) is 0 Å². The minimum atomic E-state index is 0. The van der Waals surface area contributed by atoms with Gasteiger partial charge in [-0.25, -0.2) is 0 Å². The van der Waals surface area contributed by atoms with E-state index in [1.54, 1.807) is 0 Å². The van der Waals surface area contributed by atoms with Crippen molar-refractivity contribution in [2.75, 3.05) is 46.4 Å². The van der Waals surface area contributed by atoms with Crippen molar-refractivity contribution in [1.29, 1.82) is 0 Å². The molecular weight excluding hydrogens is 537 g/mol. The van der Waals surface area contributed by atoms with E-state index in [1.807, 2.05) is 7.05 Å². The first-order valence-corrected chi connectivity index (χ1v) is 12.4. The molecule has 1 unspecified atom stereocenters. The Morgan fingerprint density at radius 2 is 1.68 bits per heavy atom. The van der Waals surface area contributed by atoms with Crippen molar-refractivity contribution >= 4 is 29.9 Å². The van der Waals surface area contributed by atoms with Crippen molar-refractivity contribution in [2.45, 2.75) is 45.4 Å². The van der Waals surface area contributed by atoms with E-state index < -0.39 is 0 Å². The Bertz CT molecular complexity index is 915. The number of morpholine rings is 1. The number of halogens is 1. The molecule has 0 aliphatic carbocycles. The number of ether oxygens (including phenoxy) is 1. The van der Waals surface area contributed by atoms with Gasteiger partial charge in [-0.1, -0.05) is 55.5 Å². The smallest absolute Gasteiger partial charge is 0.191 e. The first kappa shape index (κ1) is 26.9. The van der Waals surface area contributed by atoms with Crippen molar-refractivity contribution in [1.82, 2.24) is 20.4 Å². The Kier molecular flexibility index (Phi) is 11.1. The third-order valence-corrected chi connectivity index (χ3v) is 6.94. The molecule has 34 heavy (non-hydrogen) atoms. The summed E-state index contributed by atoms with van der Waals surface area (Å²) in [4.78, 5) is 9.57. The molecule has 2 aromatic carbocycles. The van der Waals surface area contributed by atoms with Crippen LogP contribution in [0.1, 0.15) is 35.6 Å². The first-order valence-electron chi connectivity index (χ1n) is 12.4. The number of benzene rings is 2. The zero-order valence-electron chi connectivity index (χ0n) is 20.6. The minimum absolute atomic E-state index is 0. The van der Waals surface area contributed by atoms with Crippen molar-refractivity contribution in [3.63, 3.8) is 0 Å². The SMILES string of the molecule is CCC(CNC(=NC)NCc1ccccc1CN1CCOCC1)N1CCc2ccccc2C1.I. The molecule has 186 valence electrons. The molecule has 2 heterocycles. The van der Waals surface area contributed by atoms with Gasteiger partial charge in [-0.15, -0.1) is 24.0 Å². The highest BCUT2D eigenvalue weighted by molar-refractivity contribution is 14.0. The molecule has 0 amide bonds. The Hall–Kier alpha value is -1.68. The predicted molar refractivity (Wildman–Crippen MR) is 151 cm³/mol. The van der Waals surface area contributed by atoms with Gasteiger partial charge in [-0.2, -0.15) is 0 Å². The molecule has 2 aliphatic heterocycles. The van der Waals surface area contributed by atoms with E-state index in [4.69, 9.17) is 4.74 Å². The summed E-state index contributed by atoms with van der Waals surface area (Å²) in [5.41, 5.74) is 5.68. The third kappa shape index (κ3) is 7.41. The van der Waals surface area contributed by atoms with Crippen LogP contribution in [0.15, 0.2) is 53.5 Å². The fourth-order valence-corrected chi connectivity index (χ4v) is 4.86. The van der Waals surface area contributed by atoms with E-state index in [0.717, 1.165) is 77.8 Å². The number of hydrogen-bond donors (Lipinski definition) is 2. The largest absolute Gasteiger partial charge is 0.379 e. The number of nitrogens with zero attached hydrogens (tertiary/aromatic N) is 3. The van der Waals surface area contributed by atoms with Gasteiger partial charge in [0.05, 0.1) is 13.2 Å². The molecular formula is C27H40IN5O. The number of guanidine groups is 1. The Labute approximate surface area is 222 Å². The molecule has 2 aromatic rings. The van der Waals surface area contributed by atoms with E-state index in [0.29, 0.717) is 6.04 Å². The summed E-state index contributed by atoms with van der Waals surface area (Å²) >= 11 is 0. The van der Waals surface area contributed by atoms with Crippen LogP contribution in [-0.2, 0) is 30.8 Å². The molecule has 0 saturated carbocycles. The summed E-state index contributed by atoms with van der Waals surface area (Å²) in [5, 5.41) is 7.12. The molecule has 4 rings (SSSR count). The normalized spacial score (nSPS) is 18.0. The maximum atomic E-state index is 5.50. The van der Waals surface area contributed by atoms with Gasteiger partial charge in [-0.3, -0.25) is 14.8 Å². The number of nitrogens with one attached hydrogen (secondary N) is 2. The standard InChI is InChI=1S/C27H39N5O.HI/c1-3-26(32-13-12-22-8-4-6-11-25(22)21-32)19-30-27(28-2)29-18-23-9-5-7-10-24(23)20-31-14-16-33-17-15-31;/h4-11,26H,3,12-21H2,1-2H3,(H2,28,29,30);1H. The average molecular weight is 578 g/mol. The zero-order chi connectivity index (χ0) is 22.9. The molecule has 2 N–H and O–H groups in total. The Balaban J connectivity index is 0.00000324. The van der Waals surface area contributed by atoms with Gasteiger partial charge in [0, 0.05) is 58.9 Å². The summed E-state index contributed by atoms with van der Waals surface area (Å²) in [6.07, 6.45) is 2.26. The summed E-state index contributed by atoms with van der Waals surface area (Å²) in [7, 11) is 1.85. The lowest BCUT2D eigenvalue weighted by atomic mass is 9.98. The second-order valence-electron chi connectivity index (χ2n) is 9.02. The van der Waals surface area contributed by atoms with Crippen LogP contribution in [0, 0.1) is 0 Å². The molecule has 0 aromatic heterocycles. The van der Waals surface area contributed by atoms with Crippen LogP contribution in [0.3, 0.4) is 0 Å². The Morgan fingerprint density at radius 3 is 2.41 bits per heavy atom. The van der Waals surface area contributed by atoms with Crippen molar-refractivity contribution in [2.24, 2.45) is 4.99 Å². The third-order valence-electron chi connectivity index (χ3n) is 6.94. The zero-order valence-corrected chi connectivity index (χ0v) is 23.0. The van der Waals surface area contributed by atoms with E-state index in [2.05, 4.69) is 80.9 Å². The van der Waals surface area contributed by atoms with Crippen LogP contribution in [0.25, 0.3) is 0 Å². The lowest BCUT2D eigenvalue weighted by molar-refractivity contribution is 0.0341. The molecule has 2 aliphatic rings. The highest BCUT2D eigenvalue weighted by Gasteiger charge is 2.22. The molecule has 7 heteroatoms. The summed E-state index contributed by atoms with van der Waals surface area (Å²) in [5.74, 6) is 0.868. The first-order chi connectivity index (χ1) is 16.3. The van der Waals surface area contributed by atoms with Crippen LogP contribution in [0.5, 0.6) is 0 Å². The average Bonchev–Trinajstić information content (AvgIpc) is 2.87. The van der Waals surface area contributed by atoms with Crippen LogP contribution in [-0.4, -0.2) is 68.2 Å². The molecule has 0 radical (unpaired) electrons. The predicted octanol–water partition coefficient (Wildman–Crippen LogP) is 3.64. The van der Waals surface area contributed by atoms with E-state index in [9.17, 15) is 0 Å². The number of fused-ring (bicyclic) bond motifs is 1. The molecule has 0 bridgehead atoms. The van der Waals surface area contributed by atoms with E-state index in [-0.39, 0.29) is 24.0 Å². The minimum Gasteiger partial charge on any atom is -0.379 e. The maximum absolute atomic E-state index is 5.50. The molecule has 0 spiro atoms. The van der Waals surface area contributed by atoms with Gasteiger partial charge >= 0.3 is 0 Å². The van der Waals surface area contributed by atoms with Crippen molar-refractivity contribution < 1.29 is 4.74 Å². The van der Waals surface area contributed by atoms with Crippen molar-refractivity contribution in [3.05, 3.63) is 70.8 Å². The quantitative estimate of drug-likeness (QED) is 0.285. The fraction of sp³-hybridized carbons (Fsp3) is 0.519. The second-order valence-corrected chi connectivity index (χ2v) is 9.02. The van der Waals surface area contributed by atoms with Crippen LogP contribution in [0.2, 0.25) is 0 Å². The number of hydrogen-bond acceptors (Lipinski definition) is 4. The number of aliphatic imine (C=N–C) groups is 1. The van der Waals surface area contributed by atoms with Crippen molar-refractivity contribution in [3.8, 4) is 0 Å². The van der Waals surface area contributed by atoms with Crippen LogP contribution < -0.4 is 10.6 Å². The number of rotatable bonds is 8. The lowest BCUT2D eigenvalue weighted by Gasteiger charge is -2.35. The summed E-state index contributed by atoms with van der Waals surface area (Å²) in [6, 6.07) is 18.1. The van der Waals surface area contributed by atoms with Gasteiger partial charge in [0.15, 0.2) is 5.96 Å². The molecule has 1 fully saturated rings. The van der Waals surface area contributed by atoms with E-state index >= 15 is 0 Å². The van der Waals surface area contributed by atoms with Gasteiger partial charge in [0.1, 0.15) is 0 Å². The van der Waals surface area contributed by atoms with Crippen LogP contribution >= 0.6 is 24.0 Å². The van der Waals surface area contributed by atoms with Gasteiger partial charge in [-0.05, 0) is 35.1 Å².